The highest BCUT2D eigenvalue weighted by Crippen LogP contribution is 1.89. The van der Waals surface area contributed by atoms with Gasteiger partial charge in [0.25, 0.3) is 0 Å². The summed E-state index contributed by atoms with van der Waals surface area (Å²) in [6.07, 6.45) is 3.17. The quantitative estimate of drug-likeness (QED) is 0.496. The van der Waals surface area contributed by atoms with Gasteiger partial charge in [0, 0.05) is 19.3 Å². The van der Waals surface area contributed by atoms with E-state index in [2.05, 4.69) is 19.2 Å². The van der Waals surface area contributed by atoms with E-state index in [1.165, 1.54) is 6.42 Å². The van der Waals surface area contributed by atoms with Crippen molar-refractivity contribution in [2.45, 2.75) is 39.2 Å². The molecule has 0 aliphatic carbocycles. The molecular weight excluding hydrogens is 204 g/mol. The summed E-state index contributed by atoms with van der Waals surface area (Å²) in [5.74, 6) is 0. The summed E-state index contributed by atoms with van der Waals surface area (Å²) in [7, 11) is 0. The van der Waals surface area contributed by atoms with Gasteiger partial charge in [0.2, 0.25) is 0 Å². The molecule has 0 aromatic carbocycles. The van der Waals surface area contributed by atoms with Crippen molar-refractivity contribution >= 4 is 0 Å². The molecule has 0 aromatic rings. The van der Waals surface area contributed by atoms with Gasteiger partial charge in [-0.25, -0.2) is 0 Å². The zero-order valence-corrected chi connectivity index (χ0v) is 10.8. The van der Waals surface area contributed by atoms with Gasteiger partial charge in [-0.05, 0) is 39.3 Å². The normalized spacial score (nSPS) is 12.9. The van der Waals surface area contributed by atoms with E-state index in [1.807, 2.05) is 0 Å². The first-order valence-electron chi connectivity index (χ1n) is 6.40. The van der Waals surface area contributed by atoms with Crippen LogP contribution in [0.5, 0.6) is 0 Å². The average Bonchev–Trinajstić information content (AvgIpc) is 2.31. The topological polar surface area (TPSA) is 56.5 Å². The smallest absolute Gasteiger partial charge is 0.0700 e. The summed E-state index contributed by atoms with van der Waals surface area (Å²) in [6.45, 7) is 9.04. The van der Waals surface area contributed by atoms with E-state index >= 15 is 0 Å². The minimum Gasteiger partial charge on any atom is -0.379 e. The highest BCUT2D eigenvalue weighted by atomic mass is 16.5. The van der Waals surface area contributed by atoms with E-state index in [9.17, 15) is 0 Å². The molecule has 1 unspecified atom stereocenters. The zero-order valence-electron chi connectivity index (χ0n) is 10.8. The maximum Gasteiger partial charge on any atom is 0.0700 e. The van der Waals surface area contributed by atoms with Gasteiger partial charge in [-0.15, -0.1) is 0 Å². The molecule has 0 saturated carbocycles. The van der Waals surface area contributed by atoms with Crippen LogP contribution in [-0.4, -0.2) is 45.6 Å². The van der Waals surface area contributed by atoms with Crippen molar-refractivity contribution in [1.82, 2.24) is 5.32 Å². The van der Waals surface area contributed by atoms with Gasteiger partial charge in [0.05, 0.1) is 13.2 Å². The largest absolute Gasteiger partial charge is 0.379 e. The fraction of sp³-hybridized carbons (Fsp3) is 1.00. The third-order valence-corrected chi connectivity index (χ3v) is 2.44. The van der Waals surface area contributed by atoms with Crippen molar-refractivity contribution in [2.24, 2.45) is 5.73 Å². The van der Waals surface area contributed by atoms with Crippen molar-refractivity contribution in [3.05, 3.63) is 0 Å². The molecule has 0 heterocycles. The van der Waals surface area contributed by atoms with Crippen molar-refractivity contribution in [3.8, 4) is 0 Å². The molecule has 0 aliphatic rings. The minimum absolute atomic E-state index is 0.611. The van der Waals surface area contributed by atoms with Gasteiger partial charge in [0.1, 0.15) is 0 Å². The molecule has 1 atom stereocenters. The third kappa shape index (κ3) is 11.9. The van der Waals surface area contributed by atoms with Gasteiger partial charge in [-0.2, -0.15) is 0 Å². The van der Waals surface area contributed by atoms with Crippen molar-refractivity contribution in [2.75, 3.05) is 39.5 Å². The molecule has 0 aromatic heterocycles. The maximum absolute atomic E-state index is 5.43. The van der Waals surface area contributed by atoms with Gasteiger partial charge in [-0.3, -0.25) is 0 Å². The van der Waals surface area contributed by atoms with Crippen LogP contribution in [0, 0.1) is 0 Å². The molecule has 0 spiro atoms. The lowest BCUT2D eigenvalue weighted by atomic mass is 10.2. The Morgan fingerprint density at radius 1 is 1.06 bits per heavy atom. The van der Waals surface area contributed by atoms with Crippen LogP contribution in [0.25, 0.3) is 0 Å². The second kappa shape index (κ2) is 12.9. The van der Waals surface area contributed by atoms with Gasteiger partial charge < -0.3 is 20.5 Å². The Morgan fingerprint density at radius 3 is 2.25 bits per heavy atom. The second-order valence-electron chi connectivity index (χ2n) is 3.98. The first kappa shape index (κ1) is 15.8. The monoisotopic (exact) mass is 232 g/mol. The van der Waals surface area contributed by atoms with Crippen molar-refractivity contribution in [3.63, 3.8) is 0 Å². The number of nitrogens with one attached hydrogen (secondary N) is 1. The molecule has 0 bridgehead atoms. The first-order valence-corrected chi connectivity index (χ1v) is 6.40. The van der Waals surface area contributed by atoms with Crippen molar-refractivity contribution < 1.29 is 9.47 Å². The molecule has 4 heteroatoms. The molecule has 3 N–H and O–H groups in total. The van der Waals surface area contributed by atoms with Crippen LogP contribution in [-0.2, 0) is 9.47 Å². The summed E-state index contributed by atoms with van der Waals surface area (Å²) in [6, 6.07) is 0.611. The molecular formula is C12H28N2O2. The Hall–Kier alpha value is -0.160. The second-order valence-corrected chi connectivity index (χ2v) is 3.98. The number of ether oxygens (including phenoxy) is 2. The van der Waals surface area contributed by atoms with Crippen LogP contribution < -0.4 is 11.1 Å². The summed E-state index contributed by atoms with van der Waals surface area (Å²) >= 11 is 0. The summed E-state index contributed by atoms with van der Waals surface area (Å²) in [5, 5.41) is 3.43. The lowest BCUT2D eigenvalue weighted by Gasteiger charge is -2.11. The summed E-state index contributed by atoms with van der Waals surface area (Å²) in [5.41, 5.74) is 5.34. The van der Waals surface area contributed by atoms with Gasteiger partial charge in [-0.1, -0.05) is 6.92 Å². The fourth-order valence-electron chi connectivity index (χ4n) is 1.17. The molecule has 0 radical (unpaired) electrons. The highest BCUT2D eigenvalue weighted by molar-refractivity contribution is 4.56. The Balaban J connectivity index is 2.93. The van der Waals surface area contributed by atoms with Gasteiger partial charge >= 0.3 is 0 Å². The summed E-state index contributed by atoms with van der Waals surface area (Å²) < 4.78 is 10.7. The zero-order chi connectivity index (χ0) is 12.1. The van der Waals surface area contributed by atoms with Crippen LogP contribution in [0.15, 0.2) is 0 Å². The van der Waals surface area contributed by atoms with Crippen LogP contribution in [0.2, 0.25) is 0 Å². The fourth-order valence-corrected chi connectivity index (χ4v) is 1.17. The third-order valence-electron chi connectivity index (χ3n) is 2.44. The Kier molecular flexibility index (Phi) is 12.8. The Morgan fingerprint density at radius 2 is 1.69 bits per heavy atom. The van der Waals surface area contributed by atoms with E-state index in [-0.39, 0.29) is 0 Å². The van der Waals surface area contributed by atoms with E-state index in [0.717, 1.165) is 32.6 Å². The number of hydrogen-bond donors (Lipinski definition) is 2. The number of rotatable bonds is 12. The van der Waals surface area contributed by atoms with Crippen LogP contribution in [0.3, 0.4) is 0 Å². The Labute approximate surface area is 99.9 Å². The van der Waals surface area contributed by atoms with E-state index in [0.29, 0.717) is 25.8 Å². The van der Waals surface area contributed by atoms with Crippen LogP contribution in [0.1, 0.15) is 33.1 Å². The Bertz CT molecular complexity index is 134. The lowest BCUT2D eigenvalue weighted by Crippen LogP contribution is -2.26. The summed E-state index contributed by atoms with van der Waals surface area (Å²) in [4.78, 5) is 0. The first-order chi connectivity index (χ1) is 7.81. The molecule has 0 amide bonds. The SMILES string of the molecule is CCC(C)NCCCOCCOCCCN. The predicted molar refractivity (Wildman–Crippen MR) is 67.7 cm³/mol. The molecule has 0 fully saturated rings. The average molecular weight is 232 g/mol. The van der Waals surface area contributed by atoms with E-state index in [1.54, 1.807) is 0 Å². The standard InChI is InChI=1S/C12H28N2O2/c1-3-12(2)14-7-5-9-16-11-10-15-8-4-6-13/h12,14H,3-11,13H2,1-2H3. The molecule has 0 aliphatic heterocycles. The van der Waals surface area contributed by atoms with Gasteiger partial charge in [0.15, 0.2) is 0 Å². The molecule has 4 nitrogen and oxygen atoms in total. The minimum atomic E-state index is 0.611. The maximum atomic E-state index is 5.43. The number of nitrogens with two attached hydrogens (primary N) is 1. The van der Waals surface area contributed by atoms with Crippen LogP contribution in [0.4, 0.5) is 0 Å². The van der Waals surface area contributed by atoms with Crippen LogP contribution >= 0.6 is 0 Å². The molecule has 16 heavy (non-hydrogen) atoms. The van der Waals surface area contributed by atoms with E-state index in [4.69, 9.17) is 15.2 Å². The van der Waals surface area contributed by atoms with E-state index < -0.39 is 0 Å². The molecule has 98 valence electrons. The highest BCUT2D eigenvalue weighted by Gasteiger charge is 1.96. The predicted octanol–water partition coefficient (Wildman–Crippen LogP) is 1.15. The number of hydrogen-bond acceptors (Lipinski definition) is 4. The van der Waals surface area contributed by atoms with Crippen molar-refractivity contribution in [1.29, 1.82) is 0 Å². The molecule has 0 rings (SSSR count). The molecule has 0 saturated heterocycles. The lowest BCUT2D eigenvalue weighted by molar-refractivity contribution is 0.0465.